The van der Waals surface area contributed by atoms with E-state index >= 15 is 0 Å². The van der Waals surface area contributed by atoms with Crippen molar-refractivity contribution in [2.75, 3.05) is 18.9 Å². The van der Waals surface area contributed by atoms with Crippen LogP contribution in [0.2, 0.25) is 0 Å². The lowest BCUT2D eigenvalue weighted by atomic mass is 9.84. The minimum Gasteiger partial charge on any atom is -0.399 e. The zero-order valence-electron chi connectivity index (χ0n) is 13.0. The quantitative estimate of drug-likeness (QED) is 0.639. The molecule has 5 nitrogen and oxygen atoms in total. The first-order valence-electron chi connectivity index (χ1n) is 7.33. The number of rotatable bonds is 8. The van der Waals surface area contributed by atoms with E-state index in [0.29, 0.717) is 24.9 Å². The van der Waals surface area contributed by atoms with Crippen LogP contribution in [-0.4, -0.2) is 26.7 Å². The fourth-order valence-electron chi connectivity index (χ4n) is 2.22. The first kappa shape index (κ1) is 17.9. The highest BCUT2D eigenvalue weighted by Gasteiger charge is 2.28. The molecule has 0 heterocycles. The third-order valence-corrected chi connectivity index (χ3v) is 5.72. The molecule has 0 amide bonds. The van der Waals surface area contributed by atoms with Crippen LogP contribution in [-0.2, 0) is 16.4 Å². The smallest absolute Gasteiger partial charge is 0.240 e. The molecule has 1 rings (SSSR count). The Kier molecular flexibility index (Phi) is 6.19. The molecule has 120 valence electrons. The largest absolute Gasteiger partial charge is 0.399 e. The zero-order chi connectivity index (χ0) is 16.1. The normalized spacial score (nSPS) is 12.6. The van der Waals surface area contributed by atoms with Crippen LogP contribution in [0.25, 0.3) is 0 Å². The predicted molar refractivity (Wildman–Crippen MR) is 85.5 cm³/mol. The summed E-state index contributed by atoms with van der Waals surface area (Å²) in [5.74, 6) is 0. The van der Waals surface area contributed by atoms with E-state index in [1.807, 2.05) is 20.8 Å². The molecule has 6 heteroatoms. The highest BCUT2D eigenvalue weighted by Crippen LogP contribution is 2.26. The SMILES string of the molecule is CCc1ccc(N)cc1S(=O)(=O)NCC(CC)(CC)CO. The molecule has 0 fully saturated rings. The molecule has 0 saturated heterocycles. The Labute approximate surface area is 127 Å². The Balaban J connectivity index is 3.05. The lowest BCUT2D eigenvalue weighted by Gasteiger charge is -2.29. The number of anilines is 1. The van der Waals surface area contributed by atoms with E-state index in [2.05, 4.69) is 4.72 Å². The molecule has 0 aliphatic rings. The summed E-state index contributed by atoms with van der Waals surface area (Å²) >= 11 is 0. The van der Waals surface area contributed by atoms with Gasteiger partial charge in [0.2, 0.25) is 10.0 Å². The Hall–Kier alpha value is -1.11. The van der Waals surface area contributed by atoms with Crippen molar-refractivity contribution in [3.8, 4) is 0 Å². The molecule has 0 aliphatic carbocycles. The van der Waals surface area contributed by atoms with Crippen LogP contribution >= 0.6 is 0 Å². The molecule has 0 radical (unpaired) electrons. The van der Waals surface area contributed by atoms with E-state index in [1.54, 1.807) is 12.1 Å². The van der Waals surface area contributed by atoms with Gasteiger partial charge in [-0.25, -0.2) is 13.1 Å². The second-order valence-electron chi connectivity index (χ2n) is 5.41. The molecule has 0 spiro atoms. The van der Waals surface area contributed by atoms with Gasteiger partial charge in [-0.15, -0.1) is 0 Å². The Morgan fingerprint density at radius 1 is 1.24 bits per heavy atom. The summed E-state index contributed by atoms with van der Waals surface area (Å²) < 4.78 is 27.6. The summed E-state index contributed by atoms with van der Waals surface area (Å²) in [6.07, 6.45) is 2.03. The number of aliphatic hydroxyl groups excluding tert-OH is 1. The highest BCUT2D eigenvalue weighted by atomic mass is 32.2. The maximum atomic E-state index is 12.5. The molecule has 1 aromatic rings. The highest BCUT2D eigenvalue weighted by molar-refractivity contribution is 7.89. The Morgan fingerprint density at radius 2 is 1.86 bits per heavy atom. The molecule has 1 aromatic carbocycles. The molecule has 0 bridgehead atoms. The minimum atomic E-state index is -3.63. The lowest BCUT2D eigenvalue weighted by molar-refractivity contribution is 0.119. The number of sulfonamides is 1. The molecule has 0 aliphatic heterocycles. The van der Waals surface area contributed by atoms with Crippen molar-refractivity contribution in [2.24, 2.45) is 5.41 Å². The van der Waals surface area contributed by atoms with E-state index in [1.165, 1.54) is 6.07 Å². The van der Waals surface area contributed by atoms with Gasteiger partial charge in [0, 0.05) is 24.3 Å². The van der Waals surface area contributed by atoms with Gasteiger partial charge in [-0.2, -0.15) is 0 Å². The molecule has 4 N–H and O–H groups in total. The van der Waals surface area contributed by atoms with Crippen LogP contribution < -0.4 is 10.5 Å². The van der Waals surface area contributed by atoms with Crippen LogP contribution in [0.5, 0.6) is 0 Å². The predicted octanol–water partition coefficient (Wildman–Crippen LogP) is 1.91. The van der Waals surface area contributed by atoms with Gasteiger partial charge in [0.25, 0.3) is 0 Å². The van der Waals surface area contributed by atoms with Crippen LogP contribution in [0.15, 0.2) is 23.1 Å². The standard InChI is InChI=1S/C15H26N2O3S/c1-4-12-7-8-13(16)9-14(12)21(19,20)17-10-15(5-2,6-3)11-18/h7-9,17-18H,4-6,10-11,16H2,1-3H3. The van der Waals surface area contributed by atoms with Crippen molar-refractivity contribution in [2.45, 2.75) is 44.9 Å². The van der Waals surface area contributed by atoms with Crippen molar-refractivity contribution in [3.05, 3.63) is 23.8 Å². The molecule has 0 aromatic heterocycles. The number of aryl methyl sites for hydroxylation is 1. The van der Waals surface area contributed by atoms with Crippen molar-refractivity contribution in [1.82, 2.24) is 4.72 Å². The summed E-state index contributed by atoms with van der Waals surface area (Å²) in [6, 6.07) is 4.93. The Bertz CT molecular complexity index is 558. The maximum absolute atomic E-state index is 12.5. The van der Waals surface area contributed by atoms with Crippen molar-refractivity contribution in [1.29, 1.82) is 0 Å². The molecule has 0 unspecified atom stereocenters. The van der Waals surface area contributed by atoms with Gasteiger partial charge in [0.15, 0.2) is 0 Å². The number of aliphatic hydroxyl groups is 1. The molecule has 21 heavy (non-hydrogen) atoms. The van der Waals surface area contributed by atoms with Gasteiger partial charge in [-0.05, 0) is 37.0 Å². The third-order valence-electron chi connectivity index (χ3n) is 4.23. The van der Waals surface area contributed by atoms with E-state index < -0.39 is 15.4 Å². The van der Waals surface area contributed by atoms with Gasteiger partial charge in [0.05, 0.1) is 4.90 Å². The van der Waals surface area contributed by atoms with Gasteiger partial charge in [-0.3, -0.25) is 0 Å². The average molecular weight is 314 g/mol. The van der Waals surface area contributed by atoms with Crippen LogP contribution in [0.3, 0.4) is 0 Å². The van der Waals surface area contributed by atoms with Crippen molar-refractivity contribution < 1.29 is 13.5 Å². The first-order chi connectivity index (χ1) is 9.84. The third kappa shape index (κ3) is 4.18. The van der Waals surface area contributed by atoms with Gasteiger partial charge in [0.1, 0.15) is 0 Å². The van der Waals surface area contributed by atoms with Crippen LogP contribution in [0.4, 0.5) is 5.69 Å². The number of nitrogens with one attached hydrogen (secondary N) is 1. The number of hydrogen-bond donors (Lipinski definition) is 3. The molecular formula is C15H26N2O3S. The fourth-order valence-corrected chi connectivity index (χ4v) is 3.72. The lowest BCUT2D eigenvalue weighted by Crippen LogP contribution is -2.39. The van der Waals surface area contributed by atoms with Crippen LogP contribution in [0, 0.1) is 5.41 Å². The van der Waals surface area contributed by atoms with Gasteiger partial charge >= 0.3 is 0 Å². The van der Waals surface area contributed by atoms with E-state index in [9.17, 15) is 13.5 Å². The second kappa shape index (κ2) is 7.24. The van der Waals surface area contributed by atoms with Crippen molar-refractivity contribution >= 4 is 15.7 Å². The number of nitrogen functional groups attached to an aromatic ring is 1. The number of benzene rings is 1. The second-order valence-corrected chi connectivity index (χ2v) is 7.15. The van der Waals surface area contributed by atoms with E-state index in [4.69, 9.17) is 5.73 Å². The van der Waals surface area contributed by atoms with Crippen molar-refractivity contribution in [3.63, 3.8) is 0 Å². The van der Waals surface area contributed by atoms with E-state index in [0.717, 1.165) is 5.56 Å². The molecule has 0 atom stereocenters. The number of nitrogens with two attached hydrogens (primary N) is 1. The fraction of sp³-hybridized carbons (Fsp3) is 0.600. The first-order valence-corrected chi connectivity index (χ1v) is 8.81. The summed E-state index contributed by atoms with van der Waals surface area (Å²) in [7, 11) is -3.63. The monoisotopic (exact) mass is 314 g/mol. The summed E-state index contributed by atoms with van der Waals surface area (Å²) in [5.41, 5.74) is 6.45. The van der Waals surface area contributed by atoms with Gasteiger partial charge < -0.3 is 10.8 Å². The minimum absolute atomic E-state index is 0.0416. The van der Waals surface area contributed by atoms with Crippen LogP contribution in [0.1, 0.15) is 39.2 Å². The Morgan fingerprint density at radius 3 is 2.33 bits per heavy atom. The topological polar surface area (TPSA) is 92.4 Å². The maximum Gasteiger partial charge on any atom is 0.240 e. The molecule has 0 saturated carbocycles. The number of hydrogen-bond acceptors (Lipinski definition) is 4. The van der Waals surface area contributed by atoms with E-state index in [-0.39, 0.29) is 18.0 Å². The summed E-state index contributed by atoms with van der Waals surface area (Å²) in [6.45, 7) is 5.98. The summed E-state index contributed by atoms with van der Waals surface area (Å²) in [5, 5.41) is 9.53. The summed E-state index contributed by atoms with van der Waals surface area (Å²) in [4.78, 5) is 0.226. The molecular weight excluding hydrogens is 288 g/mol. The average Bonchev–Trinajstić information content (AvgIpc) is 2.49. The van der Waals surface area contributed by atoms with Gasteiger partial charge in [-0.1, -0.05) is 26.8 Å². The zero-order valence-corrected chi connectivity index (χ0v) is 13.8.